The van der Waals surface area contributed by atoms with Crippen molar-refractivity contribution in [2.24, 2.45) is 0 Å². The molecule has 0 amide bonds. The highest BCUT2D eigenvalue weighted by Gasteiger charge is 2.18. The molecule has 2 N–H and O–H groups in total. The molecule has 3 rings (SSSR count). The van der Waals surface area contributed by atoms with Crippen LogP contribution < -0.4 is 5.73 Å². The summed E-state index contributed by atoms with van der Waals surface area (Å²) >= 11 is 0. The van der Waals surface area contributed by atoms with E-state index in [4.69, 9.17) is 5.73 Å². The number of hydrogen-bond donors (Lipinski definition) is 1. The van der Waals surface area contributed by atoms with Crippen LogP contribution in [0.4, 0.5) is 5.82 Å². The standard InChI is InChI=1S/C11H10N6O/c1-2-5-17-8-3-4-13-6-7(8)14-11(17)9-10(12)16-18-15-9/h2-4,6H,1,5H2,(H2,12,16). The van der Waals surface area contributed by atoms with Crippen LogP contribution in [-0.2, 0) is 6.54 Å². The fourth-order valence-electron chi connectivity index (χ4n) is 1.83. The second-order valence-corrected chi connectivity index (χ2v) is 3.70. The number of fused-ring (bicyclic) bond motifs is 1. The van der Waals surface area contributed by atoms with E-state index in [9.17, 15) is 0 Å². The summed E-state index contributed by atoms with van der Waals surface area (Å²) in [7, 11) is 0. The second kappa shape index (κ2) is 3.95. The number of imidazole rings is 1. The van der Waals surface area contributed by atoms with Crippen molar-refractivity contribution >= 4 is 16.9 Å². The third-order valence-corrected chi connectivity index (χ3v) is 2.59. The van der Waals surface area contributed by atoms with Gasteiger partial charge in [0, 0.05) is 12.7 Å². The molecular weight excluding hydrogens is 232 g/mol. The van der Waals surface area contributed by atoms with Gasteiger partial charge >= 0.3 is 0 Å². The molecule has 18 heavy (non-hydrogen) atoms. The van der Waals surface area contributed by atoms with Gasteiger partial charge in [0.05, 0.1) is 11.7 Å². The Bertz CT molecular complexity index is 713. The van der Waals surface area contributed by atoms with Crippen LogP contribution in [0.15, 0.2) is 35.7 Å². The minimum atomic E-state index is 0.212. The number of rotatable bonds is 3. The molecule has 0 aliphatic heterocycles. The lowest BCUT2D eigenvalue weighted by atomic mass is 10.4. The fraction of sp³-hybridized carbons (Fsp3) is 0.0909. The third kappa shape index (κ3) is 1.45. The number of aromatic nitrogens is 5. The van der Waals surface area contributed by atoms with Gasteiger partial charge in [-0.15, -0.1) is 6.58 Å². The first-order chi connectivity index (χ1) is 8.81. The minimum absolute atomic E-state index is 0.212. The van der Waals surface area contributed by atoms with Crippen molar-refractivity contribution in [3.05, 3.63) is 31.1 Å². The Kier molecular flexibility index (Phi) is 2.30. The van der Waals surface area contributed by atoms with E-state index in [1.54, 1.807) is 18.5 Å². The number of anilines is 1. The van der Waals surface area contributed by atoms with Crippen LogP contribution in [-0.4, -0.2) is 24.8 Å². The molecule has 0 aliphatic carbocycles. The van der Waals surface area contributed by atoms with Crippen LogP contribution in [0.3, 0.4) is 0 Å². The molecule has 3 heterocycles. The van der Waals surface area contributed by atoms with Crippen molar-refractivity contribution in [2.45, 2.75) is 6.54 Å². The Hall–Kier alpha value is -2.70. The molecule has 0 aliphatic rings. The second-order valence-electron chi connectivity index (χ2n) is 3.70. The Labute approximate surface area is 102 Å². The Morgan fingerprint density at radius 2 is 2.33 bits per heavy atom. The molecule has 0 aromatic carbocycles. The molecule has 0 bridgehead atoms. The van der Waals surface area contributed by atoms with Crippen LogP contribution in [0.25, 0.3) is 22.6 Å². The van der Waals surface area contributed by atoms with Crippen LogP contribution in [0, 0.1) is 0 Å². The van der Waals surface area contributed by atoms with Crippen LogP contribution in [0.1, 0.15) is 0 Å². The normalized spacial score (nSPS) is 10.9. The first kappa shape index (κ1) is 10.5. The summed E-state index contributed by atoms with van der Waals surface area (Å²) in [6.45, 7) is 4.32. The Balaban J connectivity index is 2.31. The number of nitrogen functional groups attached to an aromatic ring is 1. The van der Waals surface area contributed by atoms with Gasteiger partial charge in [-0.25, -0.2) is 9.61 Å². The fourth-order valence-corrected chi connectivity index (χ4v) is 1.83. The lowest BCUT2D eigenvalue weighted by Crippen LogP contribution is -2.00. The summed E-state index contributed by atoms with van der Waals surface area (Å²) in [6.07, 6.45) is 5.16. The van der Waals surface area contributed by atoms with E-state index in [1.165, 1.54) is 0 Å². The van der Waals surface area contributed by atoms with Gasteiger partial charge in [0.2, 0.25) is 0 Å². The zero-order valence-corrected chi connectivity index (χ0v) is 9.45. The summed E-state index contributed by atoms with van der Waals surface area (Å²) in [6, 6.07) is 1.87. The summed E-state index contributed by atoms with van der Waals surface area (Å²) in [5, 5.41) is 7.34. The highest BCUT2D eigenvalue weighted by Crippen LogP contribution is 2.25. The maximum atomic E-state index is 5.70. The van der Waals surface area contributed by atoms with Gasteiger partial charge in [-0.05, 0) is 16.4 Å². The van der Waals surface area contributed by atoms with Crippen molar-refractivity contribution in [3.8, 4) is 11.5 Å². The molecule has 3 aromatic rings. The predicted octanol–water partition coefficient (Wildman–Crippen LogP) is 1.25. The molecular formula is C11H10N6O. The highest BCUT2D eigenvalue weighted by atomic mass is 16.6. The van der Waals surface area contributed by atoms with Crippen LogP contribution in [0.5, 0.6) is 0 Å². The van der Waals surface area contributed by atoms with E-state index in [0.29, 0.717) is 18.1 Å². The first-order valence-electron chi connectivity index (χ1n) is 5.31. The van der Waals surface area contributed by atoms with Gasteiger partial charge in [0.1, 0.15) is 5.52 Å². The van der Waals surface area contributed by atoms with Crippen LogP contribution in [0.2, 0.25) is 0 Å². The SMILES string of the molecule is C=CCn1c(-c2nonc2N)nc2cnccc21. The van der Waals surface area contributed by atoms with Gasteiger partial charge in [-0.1, -0.05) is 6.08 Å². The van der Waals surface area contributed by atoms with Crippen molar-refractivity contribution in [1.82, 2.24) is 24.8 Å². The molecule has 0 fully saturated rings. The van der Waals surface area contributed by atoms with Gasteiger partial charge < -0.3 is 10.3 Å². The van der Waals surface area contributed by atoms with Gasteiger partial charge in [-0.3, -0.25) is 4.98 Å². The minimum Gasteiger partial charge on any atom is -0.379 e. The molecule has 0 unspecified atom stereocenters. The zero-order valence-electron chi connectivity index (χ0n) is 9.45. The summed E-state index contributed by atoms with van der Waals surface area (Å²) < 4.78 is 6.54. The molecule has 7 nitrogen and oxygen atoms in total. The Morgan fingerprint density at radius 3 is 3.06 bits per heavy atom. The van der Waals surface area contributed by atoms with Crippen molar-refractivity contribution in [2.75, 3.05) is 5.73 Å². The molecule has 0 atom stereocenters. The number of nitrogens with zero attached hydrogens (tertiary/aromatic N) is 5. The van der Waals surface area contributed by atoms with E-state index in [0.717, 1.165) is 11.0 Å². The number of nitrogens with two attached hydrogens (primary N) is 1. The molecule has 0 saturated heterocycles. The summed E-state index contributed by atoms with van der Waals surface area (Å²) in [4.78, 5) is 8.48. The van der Waals surface area contributed by atoms with Crippen molar-refractivity contribution in [3.63, 3.8) is 0 Å². The van der Waals surface area contributed by atoms with Crippen molar-refractivity contribution in [1.29, 1.82) is 0 Å². The summed E-state index contributed by atoms with van der Waals surface area (Å²) in [5.74, 6) is 0.806. The molecule has 0 radical (unpaired) electrons. The van der Waals surface area contributed by atoms with Crippen molar-refractivity contribution < 1.29 is 4.63 Å². The van der Waals surface area contributed by atoms with E-state index in [1.807, 2.05) is 10.6 Å². The number of hydrogen-bond acceptors (Lipinski definition) is 6. The molecule has 7 heteroatoms. The van der Waals surface area contributed by atoms with E-state index >= 15 is 0 Å². The zero-order chi connectivity index (χ0) is 12.5. The quantitative estimate of drug-likeness (QED) is 0.694. The maximum Gasteiger partial charge on any atom is 0.199 e. The largest absolute Gasteiger partial charge is 0.379 e. The molecule has 90 valence electrons. The van der Waals surface area contributed by atoms with Gasteiger partial charge in [0.25, 0.3) is 0 Å². The average molecular weight is 242 g/mol. The van der Waals surface area contributed by atoms with E-state index < -0.39 is 0 Å². The monoisotopic (exact) mass is 242 g/mol. The average Bonchev–Trinajstić information content (AvgIpc) is 2.94. The molecule has 0 spiro atoms. The molecule has 3 aromatic heterocycles. The number of allylic oxidation sites excluding steroid dienone is 1. The van der Waals surface area contributed by atoms with Gasteiger partial charge in [-0.2, -0.15) is 0 Å². The van der Waals surface area contributed by atoms with E-state index in [-0.39, 0.29) is 5.82 Å². The molecule has 0 saturated carbocycles. The predicted molar refractivity (Wildman–Crippen MR) is 65.4 cm³/mol. The number of pyridine rings is 1. The lowest BCUT2D eigenvalue weighted by molar-refractivity contribution is 0.310. The summed E-state index contributed by atoms with van der Waals surface area (Å²) in [5.41, 5.74) is 7.81. The lowest BCUT2D eigenvalue weighted by Gasteiger charge is -2.03. The smallest absolute Gasteiger partial charge is 0.199 e. The van der Waals surface area contributed by atoms with Crippen LogP contribution >= 0.6 is 0 Å². The van der Waals surface area contributed by atoms with E-state index in [2.05, 4.69) is 31.5 Å². The Morgan fingerprint density at radius 1 is 1.44 bits per heavy atom. The topological polar surface area (TPSA) is 95.7 Å². The highest BCUT2D eigenvalue weighted by molar-refractivity contribution is 5.80. The first-order valence-corrected chi connectivity index (χ1v) is 5.31. The third-order valence-electron chi connectivity index (χ3n) is 2.59. The van der Waals surface area contributed by atoms with Gasteiger partial charge in [0.15, 0.2) is 17.3 Å². The maximum absolute atomic E-state index is 5.70.